The number of hydrogen-bond acceptors (Lipinski definition) is 6. The third-order valence-corrected chi connectivity index (χ3v) is 7.88. The van der Waals surface area contributed by atoms with Gasteiger partial charge in [0.15, 0.2) is 0 Å². The second-order valence-electron chi connectivity index (χ2n) is 11.1. The van der Waals surface area contributed by atoms with E-state index >= 15 is 0 Å². The maximum Gasteiger partial charge on any atom is 0.421 e. The minimum Gasteiger partial charge on any atom is -0.443 e. The maximum absolute atomic E-state index is 14.6. The van der Waals surface area contributed by atoms with E-state index in [2.05, 4.69) is 0 Å². The number of nitrogens with zero attached hydrogens (tertiary/aromatic N) is 2. The molecule has 5 atom stereocenters. The van der Waals surface area contributed by atoms with E-state index in [1.165, 1.54) is 0 Å². The van der Waals surface area contributed by atoms with Crippen LogP contribution in [0.15, 0.2) is 78.9 Å². The Hall–Kier alpha value is -3.75. The summed E-state index contributed by atoms with van der Waals surface area (Å²) in [6, 6.07) is 20.9. The highest BCUT2D eigenvalue weighted by Crippen LogP contribution is 2.60. The highest BCUT2D eigenvalue weighted by atomic mass is 35.5. The minimum atomic E-state index is -1.83. The Bertz CT molecular complexity index is 1440. The summed E-state index contributed by atoms with van der Waals surface area (Å²) in [7, 11) is 0. The lowest BCUT2D eigenvalue weighted by atomic mass is 9.54. The normalized spacial score (nSPS) is 26.4. The van der Waals surface area contributed by atoms with Crippen LogP contribution in [0, 0.1) is 10.1 Å². The van der Waals surface area contributed by atoms with E-state index in [4.69, 9.17) is 16.3 Å². The molecule has 9 heteroatoms. The molecule has 1 aliphatic heterocycles. The van der Waals surface area contributed by atoms with Gasteiger partial charge in [0.05, 0.1) is 23.6 Å². The zero-order valence-electron chi connectivity index (χ0n) is 21.8. The second-order valence-corrected chi connectivity index (χ2v) is 11.5. The van der Waals surface area contributed by atoms with Crippen LogP contribution in [0.3, 0.4) is 0 Å². The first kappa shape index (κ1) is 26.8. The molecule has 3 aromatic rings. The Morgan fingerprint density at radius 1 is 1.05 bits per heavy atom. The van der Waals surface area contributed by atoms with Crippen LogP contribution in [0.4, 0.5) is 10.5 Å². The van der Waals surface area contributed by atoms with Crippen molar-refractivity contribution in [2.24, 2.45) is 0 Å². The lowest BCUT2D eigenvalue weighted by Crippen LogP contribution is -2.62. The molecule has 8 nitrogen and oxygen atoms in total. The fourth-order valence-electron chi connectivity index (χ4n) is 6.28. The van der Waals surface area contributed by atoms with Crippen molar-refractivity contribution >= 4 is 29.3 Å². The van der Waals surface area contributed by atoms with Gasteiger partial charge in [-0.3, -0.25) is 14.9 Å². The van der Waals surface area contributed by atoms with Gasteiger partial charge in [-0.2, -0.15) is 0 Å². The van der Waals surface area contributed by atoms with Gasteiger partial charge < -0.3 is 9.84 Å². The zero-order chi connectivity index (χ0) is 28.1. The molecule has 1 fully saturated rings. The molecule has 2 aliphatic rings. The maximum atomic E-state index is 14.6. The SMILES string of the molecule is CC(C)(C)OC(=O)N1C(=O)[C@@]2(c3ccccc31)[C@@H](O)C[C@@H](c1ccccc1)[C@H]([N+](=O)[O-])[C@@H]2c1cccc(Cl)c1. The van der Waals surface area contributed by atoms with Crippen molar-refractivity contribution in [2.75, 3.05) is 4.90 Å². The van der Waals surface area contributed by atoms with E-state index in [-0.39, 0.29) is 17.0 Å². The third kappa shape index (κ3) is 4.37. The smallest absolute Gasteiger partial charge is 0.421 e. The number of benzene rings is 3. The fourth-order valence-corrected chi connectivity index (χ4v) is 6.48. The minimum absolute atomic E-state index is 0.0606. The van der Waals surface area contributed by atoms with Gasteiger partial charge in [0, 0.05) is 9.95 Å². The molecule has 1 spiro atoms. The average molecular weight is 549 g/mol. The quantitative estimate of drug-likeness (QED) is 0.325. The molecule has 0 saturated heterocycles. The summed E-state index contributed by atoms with van der Waals surface area (Å²) in [5.41, 5.74) is -1.04. The fraction of sp³-hybridized carbons (Fsp3) is 0.333. The standard InChI is InChI=1S/C30H29ClN2O6/c1-29(2,3)39-28(36)32-23-15-8-7-14-22(23)30(27(32)35)24(34)17-21(18-10-5-4-6-11-18)26(33(37)38)25(30)19-12-9-13-20(31)16-19/h4-16,21,24-26,34H,17H2,1-3H3/t21-,24-,25-,26-,30-/m0/s1. The van der Waals surface area contributed by atoms with Crippen LogP contribution in [0.5, 0.6) is 0 Å². The van der Waals surface area contributed by atoms with Gasteiger partial charge in [-0.15, -0.1) is 0 Å². The lowest BCUT2D eigenvalue weighted by Gasteiger charge is -2.47. The summed E-state index contributed by atoms with van der Waals surface area (Å²) in [6.07, 6.45) is -2.32. The molecule has 1 heterocycles. The predicted octanol–water partition coefficient (Wildman–Crippen LogP) is 5.84. The lowest BCUT2D eigenvalue weighted by molar-refractivity contribution is -0.537. The number of aliphatic hydroxyl groups is 1. The molecular formula is C30H29ClN2O6. The number of anilines is 1. The monoisotopic (exact) mass is 548 g/mol. The highest BCUT2D eigenvalue weighted by Gasteiger charge is 2.69. The van der Waals surface area contributed by atoms with E-state index in [0.717, 1.165) is 4.90 Å². The molecule has 1 N–H and O–H groups in total. The van der Waals surface area contributed by atoms with Gasteiger partial charge in [0.25, 0.3) is 5.91 Å². The van der Waals surface area contributed by atoms with Crippen molar-refractivity contribution in [1.29, 1.82) is 0 Å². The van der Waals surface area contributed by atoms with Crippen LogP contribution in [0.25, 0.3) is 0 Å². The van der Waals surface area contributed by atoms with E-state index in [9.17, 15) is 24.8 Å². The Labute approximate surface area is 231 Å². The summed E-state index contributed by atoms with van der Waals surface area (Å²) >= 11 is 6.36. The van der Waals surface area contributed by atoms with E-state index in [1.807, 2.05) is 6.07 Å². The highest BCUT2D eigenvalue weighted by molar-refractivity contribution is 6.30. The third-order valence-electron chi connectivity index (χ3n) is 7.65. The van der Waals surface area contributed by atoms with E-state index in [1.54, 1.807) is 93.6 Å². The molecule has 1 aliphatic carbocycles. The van der Waals surface area contributed by atoms with Crippen LogP contribution < -0.4 is 4.90 Å². The Kier molecular flexibility index (Phi) is 6.73. The van der Waals surface area contributed by atoms with Crippen LogP contribution in [-0.2, 0) is 14.9 Å². The number of rotatable bonds is 3. The topological polar surface area (TPSA) is 110 Å². The largest absolute Gasteiger partial charge is 0.443 e. The first-order chi connectivity index (χ1) is 18.5. The van der Waals surface area contributed by atoms with Gasteiger partial charge in [-0.25, -0.2) is 9.69 Å². The van der Waals surface area contributed by atoms with E-state index in [0.29, 0.717) is 21.7 Å². The molecule has 3 aromatic carbocycles. The number of para-hydroxylation sites is 1. The van der Waals surface area contributed by atoms with Gasteiger partial charge in [0.1, 0.15) is 11.0 Å². The first-order valence-electron chi connectivity index (χ1n) is 12.8. The molecule has 202 valence electrons. The molecule has 39 heavy (non-hydrogen) atoms. The number of aliphatic hydroxyl groups excluding tert-OH is 1. The van der Waals surface area contributed by atoms with Gasteiger partial charge in [0.2, 0.25) is 6.04 Å². The van der Waals surface area contributed by atoms with Crippen molar-refractivity contribution < 1.29 is 24.4 Å². The number of nitro groups is 1. The van der Waals surface area contributed by atoms with Gasteiger partial charge in [-0.05, 0) is 62.1 Å². The van der Waals surface area contributed by atoms with Crippen molar-refractivity contribution in [3.63, 3.8) is 0 Å². The number of carbonyl (C=O) groups excluding carboxylic acids is 2. The average Bonchev–Trinajstić information content (AvgIpc) is 3.13. The summed E-state index contributed by atoms with van der Waals surface area (Å²) in [5.74, 6) is -2.61. The zero-order valence-corrected chi connectivity index (χ0v) is 22.5. The number of halogens is 1. The summed E-state index contributed by atoms with van der Waals surface area (Å²) in [6.45, 7) is 5.06. The molecule has 0 aromatic heterocycles. The number of amides is 2. The molecular weight excluding hydrogens is 520 g/mol. The number of carbonyl (C=O) groups is 2. The van der Waals surface area contributed by atoms with Crippen molar-refractivity contribution in [1.82, 2.24) is 0 Å². The second kappa shape index (κ2) is 9.77. The van der Waals surface area contributed by atoms with E-state index < -0.39 is 47.0 Å². The number of fused-ring (bicyclic) bond motifs is 2. The van der Waals surface area contributed by atoms with Gasteiger partial charge >= 0.3 is 6.09 Å². The van der Waals surface area contributed by atoms with Crippen molar-refractivity contribution in [3.05, 3.63) is 111 Å². The molecule has 2 amide bonds. The molecule has 0 unspecified atom stereocenters. The summed E-state index contributed by atoms with van der Waals surface area (Å²) in [4.78, 5) is 41.5. The Morgan fingerprint density at radius 3 is 2.33 bits per heavy atom. The van der Waals surface area contributed by atoms with Crippen molar-refractivity contribution in [3.8, 4) is 0 Å². The summed E-state index contributed by atoms with van der Waals surface area (Å²) in [5, 5.41) is 25.3. The van der Waals surface area contributed by atoms with Gasteiger partial charge in [-0.1, -0.05) is 72.3 Å². The number of imide groups is 1. The van der Waals surface area contributed by atoms with Crippen LogP contribution in [0.1, 0.15) is 55.7 Å². The number of hydrogen-bond donors (Lipinski definition) is 1. The van der Waals surface area contributed by atoms with Crippen LogP contribution >= 0.6 is 11.6 Å². The first-order valence-corrected chi connectivity index (χ1v) is 13.1. The Morgan fingerprint density at radius 2 is 1.69 bits per heavy atom. The molecule has 5 rings (SSSR count). The molecule has 0 radical (unpaired) electrons. The Balaban J connectivity index is 1.79. The molecule has 1 saturated carbocycles. The van der Waals surface area contributed by atoms with Crippen LogP contribution in [0.2, 0.25) is 5.02 Å². The predicted molar refractivity (Wildman–Crippen MR) is 147 cm³/mol. The summed E-state index contributed by atoms with van der Waals surface area (Å²) < 4.78 is 5.57. The molecule has 0 bridgehead atoms. The van der Waals surface area contributed by atoms with Crippen molar-refractivity contribution in [2.45, 2.75) is 62.2 Å². The van der Waals surface area contributed by atoms with Crippen LogP contribution in [-0.4, -0.2) is 39.8 Å². The number of ether oxygens (including phenoxy) is 1.